The number of methoxy groups -OCH3 is 1. The van der Waals surface area contributed by atoms with Crippen LogP contribution in [-0.4, -0.2) is 26.9 Å². The average molecular weight is 406 g/mol. The maximum atomic E-state index is 13.8. The van der Waals surface area contributed by atoms with E-state index in [1.807, 2.05) is 24.3 Å². The summed E-state index contributed by atoms with van der Waals surface area (Å²) in [6.07, 6.45) is 1.80. The van der Waals surface area contributed by atoms with Gasteiger partial charge in [0.25, 0.3) is 0 Å². The molecule has 1 aliphatic heterocycles. The molecule has 1 saturated heterocycles. The third-order valence-electron chi connectivity index (χ3n) is 6.04. The summed E-state index contributed by atoms with van der Waals surface area (Å²) in [5.74, 6) is 0.684. The van der Waals surface area contributed by atoms with Crippen molar-refractivity contribution < 1.29 is 13.9 Å². The van der Waals surface area contributed by atoms with Crippen molar-refractivity contribution >= 4 is 0 Å². The van der Waals surface area contributed by atoms with Crippen LogP contribution < -0.4 is 10.1 Å². The quantitative estimate of drug-likeness (QED) is 0.576. The summed E-state index contributed by atoms with van der Waals surface area (Å²) in [5, 5.41) is 3.61. The van der Waals surface area contributed by atoms with E-state index < -0.39 is 0 Å². The number of rotatable bonds is 7. The lowest BCUT2D eigenvalue weighted by atomic mass is 9.74. The maximum absolute atomic E-state index is 13.8. The minimum atomic E-state index is -0.175. The first kappa shape index (κ1) is 20.6. The standard InChI is InChI=1S/C26H28FNO2/c1-29-25-7-2-4-22(16-25)21-10-8-20(9-11-21)18-28-19-26(12-14-30-15-13-26)23-5-3-6-24(27)17-23/h2-11,16-17,28H,12-15,18-19H2,1H3. The van der Waals surface area contributed by atoms with E-state index in [4.69, 9.17) is 9.47 Å². The van der Waals surface area contributed by atoms with Crippen molar-refractivity contribution in [1.29, 1.82) is 0 Å². The first-order chi connectivity index (χ1) is 14.7. The van der Waals surface area contributed by atoms with Gasteiger partial charge in [-0.3, -0.25) is 0 Å². The fourth-order valence-electron chi connectivity index (χ4n) is 4.21. The molecule has 156 valence electrons. The van der Waals surface area contributed by atoms with Gasteiger partial charge in [0.1, 0.15) is 11.6 Å². The highest BCUT2D eigenvalue weighted by Crippen LogP contribution is 2.34. The SMILES string of the molecule is COc1cccc(-c2ccc(CNCC3(c4cccc(F)c4)CCOCC3)cc2)c1. The van der Waals surface area contributed by atoms with Crippen LogP contribution in [0.3, 0.4) is 0 Å². The molecule has 0 aliphatic carbocycles. The summed E-state index contributed by atoms with van der Waals surface area (Å²) in [7, 11) is 1.68. The van der Waals surface area contributed by atoms with Gasteiger partial charge in [-0.15, -0.1) is 0 Å². The molecular weight excluding hydrogens is 377 g/mol. The molecule has 1 N–H and O–H groups in total. The van der Waals surface area contributed by atoms with Gasteiger partial charge in [-0.25, -0.2) is 4.39 Å². The summed E-state index contributed by atoms with van der Waals surface area (Å²) in [6, 6.07) is 23.7. The third-order valence-corrected chi connectivity index (χ3v) is 6.04. The zero-order chi connectivity index (χ0) is 20.8. The van der Waals surface area contributed by atoms with E-state index >= 15 is 0 Å². The predicted molar refractivity (Wildman–Crippen MR) is 118 cm³/mol. The normalized spacial score (nSPS) is 15.7. The summed E-state index contributed by atoms with van der Waals surface area (Å²) in [6.45, 7) is 3.01. The molecule has 4 rings (SSSR count). The van der Waals surface area contributed by atoms with E-state index in [-0.39, 0.29) is 11.2 Å². The Bertz CT molecular complexity index is 965. The summed E-state index contributed by atoms with van der Waals surface area (Å²) in [4.78, 5) is 0. The van der Waals surface area contributed by atoms with Gasteiger partial charge >= 0.3 is 0 Å². The van der Waals surface area contributed by atoms with Crippen LogP contribution in [0.4, 0.5) is 4.39 Å². The second kappa shape index (κ2) is 9.41. The largest absolute Gasteiger partial charge is 0.497 e. The van der Waals surface area contributed by atoms with Crippen molar-refractivity contribution in [3.8, 4) is 16.9 Å². The Morgan fingerprint density at radius 3 is 2.43 bits per heavy atom. The van der Waals surface area contributed by atoms with Gasteiger partial charge in [0.15, 0.2) is 0 Å². The Morgan fingerprint density at radius 1 is 0.933 bits per heavy atom. The second-order valence-electron chi connectivity index (χ2n) is 7.94. The first-order valence-corrected chi connectivity index (χ1v) is 10.5. The van der Waals surface area contributed by atoms with E-state index in [0.717, 1.165) is 42.8 Å². The van der Waals surface area contributed by atoms with Crippen LogP contribution in [0.2, 0.25) is 0 Å². The number of halogens is 1. The number of hydrogen-bond acceptors (Lipinski definition) is 3. The number of hydrogen-bond donors (Lipinski definition) is 1. The third kappa shape index (κ3) is 4.72. The lowest BCUT2D eigenvalue weighted by Crippen LogP contribution is -2.42. The molecule has 3 aromatic rings. The lowest BCUT2D eigenvalue weighted by Gasteiger charge is -2.38. The highest BCUT2D eigenvalue weighted by molar-refractivity contribution is 5.65. The molecule has 4 heteroatoms. The highest BCUT2D eigenvalue weighted by Gasteiger charge is 2.34. The van der Waals surface area contributed by atoms with Crippen LogP contribution in [-0.2, 0) is 16.7 Å². The van der Waals surface area contributed by atoms with Gasteiger partial charge in [0.05, 0.1) is 7.11 Å². The van der Waals surface area contributed by atoms with Crippen LogP contribution in [0, 0.1) is 5.82 Å². The zero-order valence-electron chi connectivity index (χ0n) is 17.4. The van der Waals surface area contributed by atoms with Crippen molar-refractivity contribution in [2.75, 3.05) is 26.9 Å². The zero-order valence-corrected chi connectivity index (χ0v) is 17.4. The summed E-state index contributed by atoms with van der Waals surface area (Å²) in [5.41, 5.74) is 4.51. The van der Waals surface area contributed by atoms with E-state index in [0.29, 0.717) is 13.2 Å². The van der Waals surface area contributed by atoms with Gasteiger partial charge in [-0.1, -0.05) is 48.5 Å². The van der Waals surface area contributed by atoms with Crippen LogP contribution in [0.25, 0.3) is 11.1 Å². The molecule has 0 atom stereocenters. The van der Waals surface area contributed by atoms with Gasteiger partial charge < -0.3 is 14.8 Å². The molecule has 30 heavy (non-hydrogen) atoms. The number of ether oxygens (including phenoxy) is 2. The first-order valence-electron chi connectivity index (χ1n) is 10.5. The Morgan fingerprint density at radius 2 is 1.70 bits per heavy atom. The van der Waals surface area contributed by atoms with Crippen molar-refractivity contribution in [3.05, 3.63) is 89.7 Å². The molecule has 0 aromatic heterocycles. The lowest BCUT2D eigenvalue weighted by molar-refractivity contribution is 0.0497. The van der Waals surface area contributed by atoms with Gasteiger partial charge in [-0.05, 0) is 59.4 Å². The average Bonchev–Trinajstić information content (AvgIpc) is 2.80. The molecule has 3 nitrogen and oxygen atoms in total. The Kier molecular flexibility index (Phi) is 6.46. The number of benzene rings is 3. The molecule has 3 aromatic carbocycles. The second-order valence-corrected chi connectivity index (χ2v) is 7.94. The van der Waals surface area contributed by atoms with E-state index in [1.165, 1.54) is 17.2 Å². The predicted octanol–water partition coefficient (Wildman–Crippen LogP) is 5.34. The van der Waals surface area contributed by atoms with Crippen LogP contribution in [0.1, 0.15) is 24.0 Å². The van der Waals surface area contributed by atoms with Gasteiger partial charge in [-0.2, -0.15) is 0 Å². The van der Waals surface area contributed by atoms with E-state index in [2.05, 4.69) is 35.6 Å². The fraction of sp³-hybridized carbons (Fsp3) is 0.308. The van der Waals surface area contributed by atoms with E-state index in [1.54, 1.807) is 19.2 Å². The molecule has 0 bridgehead atoms. The van der Waals surface area contributed by atoms with Crippen molar-refractivity contribution in [1.82, 2.24) is 5.32 Å². The highest BCUT2D eigenvalue weighted by atomic mass is 19.1. The molecule has 1 aliphatic rings. The summed E-state index contributed by atoms with van der Waals surface area (Å²) < 4.78 is 24.7. The Labute approximate surface area is 177 Å². The molecular formula is C26H28FNO2. The Hall–Kier alpha value is -2.69. The maximum Gasteiger partial charge on any atom is 0.123 e. The van der Waals surface area contributed by atoms with Gasteiger partial charge in [0.2, 0.25) is 0 Å². The molecule has 0 spiro atoms. The van der Waals surface area contributed by atoms with Crippen molar-refractivity contribution in [3.63, 3.8) is 0 Å². The van der Waals surface area contributed by atoms with Crippen LogP contribution in [0.15, 0.2) is 72.8 Å². The van der Waals surface area contributed by atoms with Crippen LogP contribution in [0.5, 0.6) is 5.75 Å². The van der Waals surface area contributed by atoms with Crippen molar-refractivity contribution in [2.45, 2.75) is 24.8 Å². The van der Waals surface area contributed by atoms with E-state index in [9.17, 15) is 4.39 Å². The molecule has 1 heterocycles. The topological polar surface area (TPSA) is 30.5 Å². The smallest absolute Gasteiger partial charge is 0.123 e. The molecule has 0 unspecified atom stereocenters. The van der Waals surface area contributed by atoms with Crippen molar-refractivity contribution in [2.24, 2.45) is 0 Å². The van der Waals surface area contributed by atoms with Crippen LogP contribution >= 0.6 is 0 Å². The minimum Gasteiger partial charge on any atom is -0.497 e. The Balaban J connectivity index is 1.42. The molecule has 0 amide bonds. The molecule has 0 radical (unpaired) electrons. The minimum absolute atomic E-state index is 0.0825. The van der Waals surface area contributed by atoms with Gasteiger partial charge in [0, 0.05) is 31.7 Å². The molecule has 1 fully saturated rings. The fourth-order valence-corrected chi connectivity index (χ4v) is 4.21. The summed E-state index contributed by atoms with van der Waals surface area (Å²) >= 11 is 0. The monoisotopic (exact) mass is 405 g/mol. The molecule has 0 saturated carbocycles. The number of nitrogens with one attached hydrogen (secondary N) is 1.